The average molecular weight is 361 g/mol. The third-order valence-corrected chi connectivity index (χ3v) is 4.12. The third kappa shape index (κ3) is 2.55. The van der Waals surface area contributed by atoms with Gasteiger partial charge in [-0.05, 0) is 29.5 Å². The van der Waals surface area contributed by atoms with Crippen LogP contribution in [0, 0.1) is 10.1 Å². The van der Waals surface area contributed by atoms with Crippen LogP contribution in [0.1, 0.15) is 18.5 Å². The number of benzene rings is 1. The zero-order valence-corrected chi connectivity index (χ0v) is 13.3. The number of aromatic nitrogens is 2. The van der Waals surface area contributed by atoms with Crippen molar-refractivity contribution in [3.05, 3.63) is 68.8 Å². The van der Waals surface area contributed by atoms with Gasteiger partial charge in [0.15, 0.2) is 0 Å². The largest absolute Gasteiger partial charge is 0.372 e. The van der Waals surface area contributed by atoms with Crippen molar-refractivity contribution in [1.29, 1.82) is 0 Å². The van der Waals surface area contributed by atoms with Crippen LogP contribution >= 0.6 is 15.9 Å². The lowest BCUT2D eigenvalue weighted by molar-refractivity contribution is -0.389. The van der Waals surface area contributed by atoms with Crippen molar-refractivity contribution in [2.24, 2.45) is 0 Å². The number of nitro groups is 1. The van der Waals surface area contributed by atoms with E-state index in [0.29, 0.717) is 5.65 Å². The zero-order chi connectivity index (χ0) is 15.7. The molecule has 1 atom stereocenters. The van der Waals surface area contributed by atoms with Gasteiger partial charge in [-0.15, -0.1) is 0 Å². The van der Waals surface area contributed by atoms with E-state index in [-0.39, 0.29) is 17.7 Å². The summed E-state index contributed by atoms with van der Waals surface area (Å²) < 4.78 is 2.41. The lowest BCUT2D eigenvalue weighted by Gasteiger charge is -2.15. The minimum absolute atomic E-state index is 0.0606. The van der Waals surface area contributed by atoms with Crippen LogP contribution in [-0.2, 0) is 0 Å². The van der Waals surface area contributed by atoms with E-state index < -0.39 is 4.92 Å². The summed E-state index contributed by atoms with van der Waals surface area (Å²) >= 11 is 3.49. The number of nitrogens with zero attached hydrogens (tertiary/aromatic N) is 3. The Morgan fingerprint density at radius 2 is 2.00 bits per heavy atom. The molecule has 1 N–H and O–H groups in total. The molecule has 0 spiro atoms. The number of imidazole rings is 1. The maximum Gasteiger partial charge on any atom is 0.372 e. The minimum Gasteiger partial charge on any atom is -0.358 e. The molecule has 2 aromatic heterocycles. The van der Waals surface area contributed by atoms with Gasteiger partial charge in [0.1, 0.15) is 0 Å². The average Bonchev–Trinajstić information content (AvgIpc) is 2.85. The lowest BCUT2D eigenvalue weighted by Crippen LogP contribution is -2.09. The highest BCUT2D eigenvalue weighted by Crippen LogP contribution is 2.31. The summed E-state index contributed by atoms with van der Waals surface area (Å²) in [4.78, 5) is 15.3. The second-order valence-electron chi connectivity index (χ2n) is 4.86. The van der Waals surface area contributed by atoms with Gasteiger partial charge in [-0.25, -0.2) is 0 Å². The molecule has 0 saturated heterocycles. The van der Waals surface area contributed by atoms with Gasteiger partial charge in [0.2, 0.25) is 11.5 Å². The fraction of sp³-hybridized carbons (Fsp3) is 0.133. The predicted octanol–water partition coefficient (Wildman–Crippen LogP) is 4.18. The summed E-state index contributed by atoms with van der Waals surface area (Å²) in [5.74, 6) is 0.203. The molecule has 0 amide bonds. The number of anilines is 1. The van der Waals surface area contributed by atoms with Crippen LogP contribution in [0.4, 0.5) is 11.6 Å². The highest BCUT2D eigenvalue weighted by Gasteiger charge is 2.24. The number of rotatable bonds is 4. The Morgan fingerprint density at radius 3 is 2.73 bits per heavy atom. The summed E-state index contributed by atoms with van der Waals surface area (Å²) in [6, 6.07) is 12.9. The van der Waals surface area contributed by atoms with Crippen LogP contribution in [0.5, 0.6) is 0 Å². The van der Waals surface area contributed by atoms with E-state index in [1.807, 2.05) is 31.2 Å². The maximum atomic E-state index is 11.4. The minimum atomic E-state index is -0.422. The highest BCUT2D eigenvalue weighted by molar-refractivity contribution is 9.10. The summed E-state index contributed by atoms with van der Waals surface area (Å²) in [6.45, 7) is 1.94. The molecular formula is C15H13BrN4O2. The molecule has 3 rings (SSSR count). The van der Waals surface area contributed by atoms with Crippen molar-refractivity contribution < 1.29 is 4.92 Å². The van der Waals surface area contributed by atoms with Gasteiger partial charge >= 0.3 is 5.82 Å². The molecule has 0 aliphatic carbocycles. The second-order valence-corrected chi connectivity index (χ2v) is 5.71. The Balaban J connectivity index is 2.02. The standard InChI is InChI=1S/C15H13BrN4O2/c1-10(11-6-2-3-7-12(11)16)17-14-15(20(21)22)19-9-5-4-8-13(19)18-14/h2-10,17H,1H3. The monoisotopic (exact) mass is 360 g/mol. The van der Waals surface area contributed by atoms with Crippen molar-refractivity contribution in [3.8, 4) is 0 Å². The molecule has 0 bridgehead atoms. The number of nitrogens with one attached hydrogen (secondary N) is 1. The summed E-state index contributed by atoms with van der Waals surface area (Å²) in [5, 5.41) is 14.5. The topological polar surface area (TPSA) is 72.5 Å². The van der Waals surface area contributed by atoms with Crippen LogP contribution in [0.3, 0.4) is 0 Å². The van der Waals surface area contributed by atoms with Crippen LogP contribution in [-0.4, -0.2) is 14.3 Å². The number of fused-ring (bicyclic) bond motifs is 1. The Hall–Kier alpha value is -2.41. The molecule has 1 unspecified atom stereocenters. The van der Waals surface area contributed by atoms with Crippen molar-refractivity contribution in [3.63, 3.8) is 0 Å². The van der Waals surface area contributed by atoms with Gasteiger partial charge in [0.05, 0.1) is 12.2 Å². The van der Waals surface area contributed by atoms with Crippen molar-refractivity contribution in [1.82, 2.24) is 9.38 Å². The normalized spacial score (nSPS) is 12.3. The molecule has 2 heterocycles. The van der Waals surface area contributed by atoms with Crippen molar-refractivity contribution in [2.75, 3.05) is 5.32 Å². The van der Waals surface area contributed by atoms with Crippen LogP contribution in [0.25, 0.3) is 5.65 Å². The Kier molecular flexibility index (Phi) is 3.81. The van der Waals surface area contributed by atoms with Gasteiger partial charge in [-0.3, -0.25) is 0 Å². The SMILES string of the molecule is CC(Nc1nc2ccccn2c1[N+](=O)[O-])c1ccccc1Br. The smallest absolute Gasteiger partial charge is 0.358 e. The van der Waals surface area contributed by atoms with Gasteiger partial charge in [-0.1, -0.05) is 40.2 Å². The van der Waals surface area contributed by atoms with Crippen LogP contribution in [0.15, 0.2) is 53.1 Å². The van der Waals surface area contributed by atoms with E-state index in [0.717, 1.165) is 10.0 Å². The van der Waals surface area contributed by atoms with Crippen molar-refractivity contribution in [2.45, 2.75) is 13.0 Å². The van der Waals surface area contributed by atoms with E-state index in [9.17, 15) is 10.1 Å². The number of pyridine rings is 1. The van der Waals surface area contributed by atoms with Crippen LogP contribution < -0.4 is 5.32 Å². The van der Waals surface area contributed by atoms with Crippen LogP contribution in [0.2, 0.25) is 0 Å². The molecule has 0 radical (unpaired) electrons. The molecule has 1 aromatic carbocycles. The molecule has 0 aliphatic heterocycles. The Labute approximate surface area is 135 Å². The van der Waals surface area contributed by atoms with E-state index in [1.165, 1.54) is 4.40 Å². The number of hydrogen-bond donors (Lipinski definition) is 1. The van der Waals surface area contributed by atoms with Gasteiger partial charge in [0.25, 0.3) is 0 Å². The zero-order valence-electron chi connectivity index (χ0n) is 11.7. The maximum absolute atomic E-state index is 11.4. The van der Waals surface area contributed by atoms with E-state index in [1.54, 1.807) is 24.4 Å². The molecule has 22 heavy (non-hydrogen) atoms. The molecule has 0 fully saturated rings. The Bertz CT molecular complexity index is 846. The quantitative estimate of drug-likeness (QED) is 0.559. The molecule has 112 valence electrons. The summed E-state index contributed by atoms with van der Waals surface area (Å²) in [7, 11) is 0. The fourth-order valence-electron chi connectivity index (χ4n) is 2.36. The first-order chi connectivity index (χ1) is 10.6. The number of hydrogen-bond acceptors (Lipinski definition) is 4. The van der Waals surface area contributed by atoms with Gasteiger partial charge in [-0.2, -0.15) is 9.38 Å². The van der Waals surface area contributed by atoms with E-state index in [4.69, 9.17) is 0 Å². The number of halogens is 1. The second kappa shape index (κ2) is 5.76. The van der Waals surface area contributed by atoms with Crippen molar-refractivity contribution >= 4 is 33.2 Å². The highest BCUT2D eigenvalue weighted by atomic mass is 79.9. The van der Waals surface area contributed by atoms with E-state index in [2.05, 4.69) is 26.2 Å². The first-order valence-corrected chi connectivity index (χ1v) is 7.49. The molecule has 7 heteroatoms. The Morgan fingerprint density at radius 1 is 1.27 bits per heavy atom. The first kappa shape index (κ1) is 14.5. The molecule has 0 aliphatic rings. The predicted molar refractivity (Wildman–Crippen MR) is 88.0 cm³/mol. The molecular weight excluding hydrogens is 348 g/mol. The van der Waals surface area contributed by atoms with E-state index >= 15 is 0 Å². The lowest BCUT2D eigenvalue weighted by atomic mass is 10.1. The van der Waals surface area contributed by atoms with Gasteiger partial charge in [0, 0.05) is 10.5 Å². The molecule has 3 aromatic rings. The molecule has 6 nitrogen and oxygen atoms in total. The van der Waals surface area contributed by atoms with Gasteiger partial charge < -0.3 is 15.4 Å². The molecule has 0 saturated carbocycles. The fourth-order valence-corrected chi connectivity index (χ4v) is 2.99. The first-order valence-electron chi connectivity index (χ1n) is 6.70. The summed E-state index contributed by atoms with van der Waals surface area (Å²) in [6.07, 6.45) is 1.63. The summed E-state index contributed by atoms with van der Waals surface area (Å²) in [5.41, 5.74) is 1.55. The third-order valence-electron chi connectivity index (χ3n) is 3.40.